The number of aromatic nitrogens is 2. The summed E-state index contributed by atoms with van der Waals surface area (Å²) in [4.78, 5) is 12.2. The number of amides is 2. The zero-order valence-corrected chi connectivity index (χ0v) is 14.2. The molecule has 0 radical (unpaired) electrons. The first-order chi connectivity index (χ1) is 10.5. The van der Waals surface area contributed by atoms with E-state index in [1.807, 2.05) is 0 Å². The van der Waals surface area contributed by atoms with Gasteiger partial charge in [-0.1, -0.05) is 38.5 Å². The molecule has 1 saturated heterocycles. The second kappa shape index (κ2) is 6.12. The van der Waals surface area contributed by atoms with Crippen LogP contribution in [0.1, 0.15) is 45.0 Å². The Hall–Kier alpha value is -1.21. The molecular formula is C15H24N4O2S. The van der Waals surface area contributed by atoms with E-state index in [0.29, 0.717) is 11.0 Å². The molecule has 1 aliphatic heterocycles. The van der Waals surface area contributed by atoms with Gasteiger partial charge in [-0.25, -0.2) is 4.79 Å². The number of aryl methyl sites for hydroxylation is 1. The van der Waals surface area contributed by atoms with Crippen LogP contribution in [0.2, 0.25) is 0 Å². The van der Waals surface area contributed by atoms with Crippen LogP contribution in [0.5, 0.6) is 0 Å². The third kappa shape index (κ3) is 2.84. The number of ether oxygens (including phenoxy) is 1. The van der Waals surface area contributed by atoms with E-state index < -0.39 is 0 Å². The number of nitrogens with zero attached hydrogens (tertiary/aromatic N) is 2. The molecule has 2 heterocycles. The van der Waals surface area contributed by atoms with E-state index in [1.165, 1.54) is 11.3 Å². The highest BCUT2D eigenvalue weighted by Crippen LogP contribution is 2.52. The van der Waals surface area contributed by atoms with Crippen molar-refractivity contribution in [2.75, 3.05) is 11.9 Å². The number of urea groups is 1. The SMILES string of the molecule is CCCCc1nnc(NC(=O)NC2C3CCOC3C2(C)C)s1. The minimum absolute atomic E-state index is 0.00801. The second-order valence-electron chi connectivity index (χ2n) is 6.75. The molecule has 3 unspecified atom stereocenters. The zero-order valence-electron chi connectivity index (χ0n) is 13.4. The number of fused-ring (bicyclic) bond motifs is 1. The molecule has 3 rings (SSSR count). The van der Waals surface area contributed by atoms with Crippen molar-refractivity contribution >= 4 is 22.5 Å². The van der Waals surface area contributed by atoms with Gasteiger partial charge < -0.3 is 10.1 Å². The Bertz CT molecular complexity index is 545. The second-order valence-corrected chi connectivity index (χ2v) is 7.81. The summed E-state index contributed by atoms with van der Waals surface area (Å²) in [7, 11) is 0. The molecule has 2 amide bonds. The van der Waals surface area contributed by atoms with Crippen LogP contribution >= 0.6 is 11.3 Å². The minimum Gasteiger partial charge on any atom is -0.377 e. The van der Waals surface area contributed by atoms with Gasteiger partial charge in [0.15, 0.2) is 0 Å². The standard InChI is InChI=1S/C15H24N4O2S/c1-4-5-6-10-18-19-14(22-10)17-13(20)16-11-9-7-8-21-12(9)15(11,2)3/h9,11-12H,4-8H2,1-3H3,(H2,16,17,19,20). The fourth-order valence-electron chi connectivity index (χ4n) is 3.62. The van der Waals surface area contributed by atoms with Crippen LogP contribution in [-0.2, 0) is 11.2 Å². The molecule has 122 valence electrons. The Labute approximate surface area is 135 Å². The smallest absolute Gasteiger partial charge is 0.321 e. The van der Waals surface area contributed by atoms with Crippen LogP contribution < -0.4 is 10.6 Å². The molecule has 7 heteroatoms. The molecule has 1 saturated carbocycles. The summed E-state index contributed by atoms with van der Waals surface area (Å²) in [5.41, 5.74) is -0.00801. The lowest BCUT2D eigenvalue weighted by molar-refractivity contribution is -0.107. The molecule has 1 aromatic rings. The predicted octanol–water partition coefficient (Wildman–Crippen LogP) is 2.82. The van der Waals surface area contributed by atoms with Gasteiger partial charge in [-0.2, -0.15) is 0 Å². The van der Waals surface area contributed by atoms with Gasteiger partial charge in [0, 0.05) is 30.4 Å². The number of rotatable bonds is 5. The van der Waals surface area contributed by atoms with Crippen LogP contribution in [0.15, 0.2) is 0 Å². The van der Waals surface area contributed by atoms with Gasteiger partial charge in [0.1, 0.15) is 5.01 Å². The van der Waals surface area contributed by atoms with E-state index in [1.54, 1.807) is 0 Å². The summed E-state index contributed by atoms with van der Waals surface area (Å²) in [6.07, 6.45) is 4.46. The van der Waals surface area contributed by atoms with E-state index >= 15 is 0 Å². The first-order valence-electron chi connectivity index (χ1n) is 8.04. The lowest BCUT2D eigenvalue weighted by Crippen LogP contribution is -2.67. The van der Waals surface area contributed by atoms with Gasteiger partial charge in [-0.15, -0.1) is 10.2 Å². The number of unbranched alkanes of at least 4 members (excludes halogenated alkanes) is 1. The number of anilines is 1. The molecule has 2 N–H and O–H groups in total. The lowest BCUT2D eigenvalue weighted by Gasteiger charge is -2.54. The van der Waals surface area contributed by atoms with Crippen molar-refractivity contribution in [3.63, 3.8) is 0 Å². The maximum absolute atomic E-state index is 12.2. The van der Waals surface area contributed by atoms with Crippen molar-refractivity contribution in [1.82, 2.24) is 15.5 Å². The molecule has 6 nitrogen and oxygen atoms in total. The third-order valence-corrected chi connectivity index (χ3v) is 5.72. The Morgan fingerprint density at radius 1 is 1.45 bits per heavy atom. The van der Waals surface area contributed by atoms with Crippen LogP contribution in [0.25, 0.3) is 0 Å². The van der Waals surface area contributed by atoms with Crippen molar-refractivity contribution in [1.29, 1.82) is 0 Å². The van der Waals surface area contributed by atoms with Crippen LogP contribution in [0.4, 0.5) is 9.93 Å². The van der Waals surface area contributed by atoms with Crippen molar-refractivity contribution in [2.45, 2.75) is 58.6 Å². The van der Waals surface area contributed by atoms with E-state index in [0.717, 1.165) is 37.3 Å². The van der Waals surface area contributed by atoms with E-state index in [9.17, 15) is 4.79 Å². The number of hydrogen-bond donors (Lipinski definition) is 2. The molecule has 2 fully saturated rings. The predicted molar refractivity (Wildman–Crippen MR) is 86.1 cm³/mol. The topological polar surface area (TPSA) is 76.1 Å². The van der Waals surface area contributed by atoms with Crippen molar-refractivity contribution in [3.8, 4) is 0 Å². The van der Waals surface area contributed by atoms with Crippen molar-refractivity contribution in [2.24, 2.45) is 11.3 Å². The largest absolute Gasteiger partial charge is 0.377 e. The summed E-state index contributed by atoms with van der Waals surface area (Å²) in [5.74, 6) is 0.440. The highest BCUT2D eigenvalue weighted by Gasteiger charge is 2.59. The first-order valence-corrected chi connectivity index (χ1v) is 8.85. The molecule has 2 aliphatic rings. The van der Waals surface area contributed by atoms with Crippen LogP contribution in [-0.4, -0.2) is 35.0 Å². The fraction of sp³-hybridized carbons (Fsp3) is 0.800. The maximum Gasteiger partial charge on any atom is 0.321 e. The monoisotopic (exact) mass is 324 g/mol. The number of carbonyl (C=O) groups is 1. The van der Waals surface area contributed by atoms with E-state index in [4.69, 9.17) is 4.74 Å². The molecule has 0 spiro atoms. The van der Waals surface area contributed by atoms with Gasteiger partial charge in [0.05, 0.1) is 6.10 Å². The van der Waals surface area contributed by atoms with Gasteiger partial charge in [-0.05, 0) is 12.8 Å². The van der Waals surface area contributed by atoms with Gasteiger partial charge in [-0.3, -0.25) is 5.32 Å². The molecule has 0 aromatic carbocycles. The van der Waals surface area contributed by atoms with E-state index in [-0.39, 0.29) is 23.6 Å². The Balaban J connectivity index is 1.53. The van der Waals surface area contributed by atoms with Crippen molar-refractivity contribution < 1.29 is 9.53 Å². The minimum atomic E-state index is -0.193. The molecule has 22 heavy (non-hydrogen) atoms. The maximum atomic E-state index is 12.2. The fourth-order valence-corrected chi connectivity index (χ4v) is 4.40. The normalized spacial score (nSPS) is 28.8. The summed E-state index contributed by atoms with van der Waals surface area (Å²) >= 11 is 1.45. The van der Waals surface area contributed by atoms with E-state index in [2.05, 4.69) is 41.6 Å². The van der Waals surface area contributed by atoms with Gasteiger partial charge in [0.2, 0.25) is 5.13 Å². The third-order valence-electron chi connectivity index (χ3n) is 4.82. The Kier molecular flexibility index (Phi) is 4.36. The van der Waals surface area contributed by atoms with Crippen LogP contribution in [0, 0.1) is 11.3 Å². The van der Waals surface area contributed by atoms with Gasteiger partial charge >= 0.3 is 6.03 Å². The molecule has 1 aliphatic carbocycles. The summed E-state index contributed by atoms with van der Waals surface area (Å²) in [5, 5.41) is 15.6. The Morgan fingerprint density at radius 3 is 3.05 bits per heavy atom. The molecule has 0 bridgehead atoms. The summed E-state index contributed by atoms with van der Waals surface area (Å²) in [6, 6.07) is -0.0332. The number of carbonyl (C=O) groups excluding carboxylic acids is 1. The average Bonchev–Trinajstić information content (AvgIpc) is 3.10. The average molecular weight is 324 g/mol. The zero-order chi connectivity index (χ0) is 15.7. The Morgan fingerprint density at radius 2 is 2.27 bits per heavy atom. The highest BCUT2D eigenvalue weighted by atomic mass is 32.1. The first kappa shape index (κ1) is 15.7. The van der Waals surface area contributed by atoms with Crippen LogP contribution in [0.3, 0.4) is 0 Å². The molecule has 3 atom stereocenters. The number of hydrogen-bond acceptors (Lipinski definition) is 5. The quantitative estimate of drug-likeness (QED) is 0.873. The summed E-state index contributed by atoms with van der Waals surface area (Å²) < 4.78 is 5.75. The van der Waals surface area contributed by atoms with Crippen molar-refractivity contribution in [3.05, 3.63) is 5.01 Å². The highest BCUT2D eigenvalue weighted by molar-refractivity contribution is 7.15. The number of nitrogens with one attached hydrogen (secondary N) is 2. The molecule has 1 aromatic heterocycles. The lowest BCUT2D eigenvalue weighted by atomic mass is 9.57. The summed E-state index contributed by atoms with van der Waals surface area (Å²) in [6.45, 7) is 7.25. The van der Waals surface area contributed by atoms with Gasteiger partial charge in [0.25, 0.3) is 0 Å². The molecular weight excluding hydrogens is 300 g/mol.